The molecule has 0 aromatic heterocycles. The summed E-state index contributed by atoms with van der Waals surface area (Å²) in [6.07, 6.45) is 0.961. The van der Waals surface area contributed by atoms with Gasteiger partial charge >= 0.3 is 0 Å². The van der Waals surface area contributed by atoms with Crippen LogP contribution in [0.25, 0.3) is 11.1 Å². The molecule has 0 amide bonds. The summed E-state index contributed by atoms with van der Waals surface area (Å²) in [7, 11) is 0. The van der Waals surface area contributed by atoms with Crippen LogP contribution in [-0.2, 0) is 6.42 Å². The van der Waals surface area contributed by atoms with E-state index in [9.17, 15) is 0 Å². The van der Waals surface area contributed by atoms with Gasteiger partial charge in [0.1, 0.15) is 11.4 Å². The second kappa shape index (κ2) is 4.64. The second-order valence-electron chi connectivity index (χ2n) is 6.28. The largest absolute Gasteiger partial charge is 0.487 e. The van der Waals surface area contributed by atoms with Crippen LogP contribution >= 0.6 is 0 Å². The molecule has 0 saturated heterocycles. The first-order valence-corrected chi connectivity index (χ1v) is 7.12. The van der Waals surface area contributed by atoms with Gasteiger partial charge in [0.25, 0.3) is 0 Å². The van der Waals surface area contributed by atoms with E-state index in [1.807, 2.05) is 6.92 Å². The lowest BCUT2D eigenvalue weighted by molar-refractivity contribution is 0.138. The topological polar surface area (TPSA) is 35.2 Å². The minimum atomic E-state index is -0.0887. The molecule has 1 aliphatic heterocycles. The van der Waals surface area contributed by atoms with Gasteiger partial charge in [-0.25, -0.2) is 0 Å². The SMILES string of the molecule is CC(N)c1cccc(-c2ccc3c(c2)CC(C)(C)O3)c1. The second-order valence-corrected chi connectivity index (χ2v) is 6.28. The molecule has 0 saturated carbocycles. The lowest BCUT2D eigenvalue weighted by atomic mass is 9.96. The zero-order chi connectivity index (χ0) is 14.3. The Bertz CT molecular complexity index is 644. The van der Waals surface area contributed by atoms with Gasteiger partial charge < -0.3 is 10.5 Å². The monoisotopic (exact) mass is 267 g/mol. The highest BCUT2D eigenvalue weighted by atomic mass is 16.5. The van der Waals surface area contributed by atoms with Crippen LogP contribution in [0.5, 0.6) is 5.75 Å². The molecule has 2 aromatic rings. The zero-order valence-electron chi connectivity index (χ0n) is 12.3. The maximum absolute atomic E-state index is 5.97. The molecule has 1 atom stereocenters. The molecule has 2 heteroatoms. The normalized spacial score (nSPS) is 17.4. The number of hydrogen-bond donors (Lipinski definition) is 1. The highest BCUT2D eigenvalue weighted by Gasteiger charge is 2.29. The van der Waals surface area contributed by atoms with Crippen LogP contribution in [0.2, 0.25) is 0 Å². The average molecular weight is 267 g/mol. The van der Waals surface area contributed by atoms with Crippen molar-refractivity contribution in [3.63, 3.8) is 0 Å². The molecule has 1 aliphatic rings. The van der Waals surface area contributed by atoms with Gasteiger partial charge in [0.2, 0.25) is 0 Å². The number of nitrogens with two attached hydrogens (primary N) is 1. The van der Waals surface area contributed by atoms with Crippen molar-refractivity contribution in [1.29, 1.82) is 0 Å². The summed E-state index contributed by atoms with van der Waals surface area (Å²) in [6.45, 7) is 6.27. The molecule has 2 nitrogen and oxygen atoms in total. The summed E-state index contributed by atoms with van der Waals surface area (Å²) in [5, 5.41) is 0. The van der Waals surface area contributed by atoms with Crippen LogP contribution in [0, 0.1) is 0 Å². The van der Waals surface area contributed by atoms with Crippen molar-refractivity contribution >= 4 is 0 Å². The molecule has 2 aromatic carbocycles. The fraction of sp³-hybridized carbons (Fsp3) is 0.333. The quantitative estimate of drug-likeness (QED) is 0.889. The molecule has 0 aliphatic carbocycles. The molecule has 0 fully saturated rings. The van der Waals surface area contributed by atoms with E-state index in [0.717, 1.165) is 12.2 Å². The average Bonchev–Trinajstić information content (AvgIpc) is 2.71. The molecule has 3 rings (SSSR count). The van der Waals surface area contributed by atoms with Crippen LogP contribution < -0.4 is 10.5 Å². The van der Waals surface area contributed by atoms with E-state index >= 15 is 0 Å². The van der Waals surface area contributed by atoms with Gasteiger partial charge in [-0.2, -0.15) is 0 Å². The van der Waals surface area contributed by atoms with Crippen molar-refractivity contribution in [3.05, 3.63) is 53.6 Å². The van der Waals surface area contributed by atoms with Gasteiger partial charge in [-0.15, -0.1) is 0 Å². The number of rotatable bonds is 2. The molecular weight excluding hydrogens is 246 g/mol. The Hall–Kier alpha value is -1.80. The van der Waals surface area contributed by atoms with Crippen molar-refractivity contribution in [2.24, 2.45) is 5.73 Å². The predicted molar refractivity (Wildman–Crippen MR) is 82.9 cm³/mol. The fourth-order valence-corrected chi connectivity index (χ4v) is 2.79. The molecule has 0 spiro atoms. The van der Waals surface area contributed by atoms with Gasteiger partial charge in [-0.3, -0.25) is 0 Å². The number of hydrogen-bond acceptors (Lipinski definition) is 2. The molecule has 0 radical (unpaired) electrons. The van der Waals surface area contributed by atoms with Crippen LogP contribution in [0.1, 0.15) is 37.9 Å². The Morgan fingerprint density at radius 3 is 2.60 bits per heavy atom. The zero-order valence-corrected chi connectivity index (χ0v) is 12.3. The summed E-state index contributed by atoms with van der Waals surface area (Å²) in [4.78, 5) is 0. The first-order chi connectivity index (χ1) is 9.44. The molecule has 1 unspecified atom stereocenters. The van der Waals surface area contributed by atoms with Crippen molar-refractivity contribution in [3.8, 4) is 16.9 Å². The van der Waals surface area contributed by atoms with E-state index in [4.69, 9.17) is 10.5 Å². The van der Waals surface area contributed by atoms with Gasteiger partial charge in [0, 0.05) is 12.5 Å². The predicted octanol–water partition coefficient (Wildman–Crippen LogP) is 4.09. The Labute approximate surface area is 120 Å². The number of benzene rings is 2. The van der Waals surface area contributed by atoms with E-state index in [2.05, 4.69) is 56.3 Å². The van der Waals surface area contributed by atoms with Gasteiger partial charge in [0.05, 0.1) is 0 Å². The fourth-order valence-electron chi connectivity index (χ4n) is 2.79. The Morgan fingerprint density at radius 1 is 1.10 bits per heavy atom. The molecule has 0 bridgehead atoms. The third kappa shape index (κ3) is 2.44. The maximum Gasteiger partial charge on any atom is 0.123 e. The number of fused-ring (bicyclic) bond motifs is 1. The van der Waals surface area contributed by atoms with E-state index < -0.39 is 0 Å². The lowest BCUT2D eigenvalue weighted by Gasteiger charge is -2.16. The summed E-state index contributed by atoms with van der Waals surface area (Å²) < 4.78 is 5.93. The summed E-state index contributed by atoms with van der Waals surface area (Å²) in [5.74, 6) is 1.02. The summed E-state index contributed by atoms with van der Waals surface area (Å²) in [5.41, 5.74) is 10.8. The van der Waals surface area contributed by atoms with E-state index in [0.29, 0.717) is 0 Å². The molecule has 1 heterocycles. The summed E-state index contributed by atoms with van der Waals surface area (Å²) >= 11 is 0. The third-order valence-corrected chi connectivity index (χ3v) is 3.81. The van der Waals surface area contributed by atoms with E-state index in [1.165, 1.54) is 22.3 Å². The Kier molecular flexibility index (Phi) is 3.06. The van der Waals surface area contributed by atoms with Gasteiger partial charge in [0.15, 0.2) is 0 Å². The minimum Gasteiger partial charge on any atom is -0.487 e. The van der Waals surface area contributed by atoms with Gasteiger partial charge in [-0.1, -0.05) is 24.3 Å². The lowest BCUT2D eigenvalue weighted by Crippen LogP contribution is -2.24. The minimum absolute atomic E-state index is 0.0617. The van der Waals surface area contributed by atoms with Crippen LogP contribution in [0.4, 0.5) is 0 Å². The highest BCUT2D eigenvalue weighted by Crippen LogP contribution is 2.37. The Balaban J connectivity index is 1.99. The van der Waals surface area contributed by atoms with Crippen molar-refractivity contribution in [2.45, 2.75) is 38.8 Å². The smallest absolute Gasteiger partial charge is 0.123 e. The molecule has 2 N–H and O–H groups in total. The van der Waals surface area contributed by atoms with Crippen molar-refractivity contribution < 1.29 is 4.74 Å². The van der Waals surface area contributed by atoms with Crippen LogP contribution in [0.3, 0.4) is 0 Å². The Morgan fingerprint density at radius 2 is 1.85 bits per heavy atom. The first kappa shape index (κ1) is 13.2. The molecule has 104 valence electrons. The van der Waals surface area contributed by atoms with Crippen LogP contribution in [-0.4, -0.2) is 5.60 Å². The number of ether oxygens (including phenoxy) is 1. The van der Waals surface area contributed by atoms with E-state index in [1.54, 1.807) is 0 Å². The molecular formula is C18H21NO. The van der Waals surface area contributed by atoms with Gasteiger partial charge in [-0.05, 0) is 61.2 Å². The maximum atomic E-state index is 5.97. The first-order valence-electron chi connectivity index (χ1n) is 7.12. The van der Waals surface area contributed by atoms with Crippen molar-refractivity contribution in [1.82, 2.24) is 0 Å². The third-order valence-electron chi connectivity index (χ3n) is 3.81. The standard InChI is InChI=1S/C18H21NO/c1-12(19)13-5-4-6-14(9-13)15-7-8-17-16(10-15)11-18(2,3)20-17/h4-10,12H,11,19H2,1-3H3. The van der Waals surface area contributed by atoms with Crippen LogP contribution in [0.15, 0.2) is 42.5 Å². The highest BCUT2D eigenvalue weighted by molar-refractivity contribution is 5.67. The van der Waals surface area contributed by atoms with E-state index in [-0.39, 0.29) is 11.6 Å². The van der Waals surface area contributed by atoms with Crippen molar-refractivity contribution in [2.75, 3.05) is 0 Å². The molecule has 20 heavy (non-hydrogen) atoms. The summed E-state index contributed by atoms with van der Waals surface area (Å²) in [6, 6.07) is 15.0.